The lowest BCUT2D eigenvalue weighted by Gasteiger charge is -2.34. The molecule has 0 amide bonds. The SMILES string of the molecule is CC1CNCCC[C@@H]1Nc1nc(-c2ccc(N3CCN(C)CC3)cc2)cc2nccnc12. The maximum Gasteiger partial charge on any atom is 0.155 e. The van der Waals surface area contributed by atoms with E-state index in [0.717, 1.165) is 73.8 Å². The third kappa shape index (κ3) is 4.54. The first-order valence-electron chi connectivity index (χ1n) is 11.8. The molecule has 168 valence electrons. The molecule has 0 saturated carbocycles. The zero-order chi connectivity index (χ0) is 21.9. The lowest BCUT2D eigenvalue weighted by molar-refractivity contribution is 0.313. The van der Waals surface area contributed by atoms with Crippen LogP contribution in [0.1, 0.15) is 19.8 Å². The number of pyridine rings is 1. The van der Waals surface area contributed by atoms with Crippen molar-refractivity contribution in [3.8, 4) is 11.3 Å². The van der Waals surface area contributed by atoms with Gasteiger partial charge >= 0.3 is 0 Å². The summed E-state index contributed by atoms with van der Waals surface area (Å²) in [5, 5.41) is 7.25. The molecule has 4 heterocycles. The average molecular weight is 432 g/mol. The molecule has 0 bridgehead atoms. The highest BCUT2D eigenvalue weighted by molar-refractivity contribution is 5.88. The number of fused-ring (bicyclic) bond motifs is 1. The van der Waals surface area contributed by atoms with Crippen molar-refractivity contribution in [2.24, 2.45) is 5.92 Å². The Bertz CT molecular complexity index is 1040. The van der Waals surface area contributed by atoms with E-state index in [0.29, 0.717) is 12.0 Å². The quantitative estimate of drug-likeness (QED) is 0.657. The predicted molar refractivity (Wildman–Crippen MR) is 131 cm³/mol. The second-order valence-corrected chi connectivity index (χ2v) is 9.19. The molecule has 0 aliphatic carbocycles. The van der Waals surface area contributed by atoms with Crippen LogP contribution in [0.5, 0.6) is 0 Å². The van der Waals surface area contributed by atoms with Gasteiger partial charge in [-0.15, -0.1) is 0 Å². The van der Waals surface area contributed by atoms with Crippen LogP contribution in [0, 0.1) is 5.92 Å². The highest BCUT2D eigenvalue weighted by Crippen LogP contribution is 2.29. The minimum Gasteiger partial charge on any atom is -0.369 e. The number of anilines is 2. The van der Waals surface area contributed by atoms with E-state index in [1.54, 1.807) is 12.4 Å². The van der Waals surface area contributed by atoms with Crippen molar-refractivity contribution in [2.45, 2.75) is 25.8 Å². The van der Waals surface area contributed by atoms with E-state index in [1.165, 1.54) is 12.1 Å². The number of rotatable bonds is 4. The van der Waals surface area contributed by atoms with Gasteiger partial charge in [-0.25, -0.2) is 9.97 Å². The van der Waals surface area contributed by atoms with Gasteiger partial charge in [-0.05, 0) is 57.1 Å². The van der Waals surface area contributed by atoms with Gasteiger partial charge in [0.25, 0.3) is 0 Å². The van der Waals surface area contributed by atoms with E-state index < -0.39 is 0 Å². The summed E-state index contributed by atoms with van der Waals surface area (Å²) in [5.41, 5.74) is 5.04. The molecule has 2 saturated heterocycles. The van der Waals surface area contributed by atoms with Crippen LogP contribution in [-0.4, -0.2) is 72.2 Å². The Morgan fingerprint density at radius 3 is 2.62 bits per heavy atom. The van der Waals surface area contributed by atoms with Crippen molar-refractivity contribution >= 4 is 22.5 Å². The van der Waals surface area contributed by atoms with Gasteiger partial charge in [0.15, 0.2) is 5.82 Å². The summed E-state index contributed by atoms with van der Waals surface area (Å²) in [5.74, 6) is 1.37. The molecule has 1 aromatic carbocycles. The van der Waals surface area contributed by atoms with Gasteiger partial charge in [-0.2, -0.15) is 0 Å². The van der Waals surface area contributed by atoms with Crippen molar-refractivity contribution in [1.29, 1.82) is 0 Å². The molecule has 5 rings (SSSR count). The van der Waals surface area contributed by atoms with Gasteiger partial charge < -0.3 is 20.4 Å². The molecule has 1 unspecified atom stereocenters. The summed E-state index contributed by atoms with van der Waals surface area (Å²) in [6, 6.07) is 11.2. The summed E-state index contributed by atoms with van der Waals surface area (Å²) < 4.78 is 0. The second kappa shape index (κ2) is 9.38. The summed E-state index contributed by atoms with van der Waals surface area (Å²) in [7, 11) is 2.19. The molecule has 2 aliphatic heterocycles. The Morgan fingerprint density at radius 2 is 1.81 bits per heavy atom. The molecule has 2 atom stereocenters. The molecule has 0 spiro atoms. The topological polar surface area (TPSA) is 69.2 Å². The number of aromatic nitrogens is 3. The van der Waals surface area contributed by atoms with Crippen LogP contribution in [0.25, 0.3) is 22.3 Å². The number of piperazine rings is 1. The zero-order valence-corrected chi connectivity index (χ0v) is 19.1. The number of nitrogens with zero attached hydrogens (tertiary/aromatic N) is 5. The first-order valence-corrected chi connectivity index (χ1v) is 11.8. The van der Waals surface area contributed by atoms with Crippen LogP contribution >= 0.6 is 0 Å². The van der Waals surface area contributed by atoms with E-state index in [9.17, 15) is 0 Å². The first kappa shape index (κ1) is 21.1. The highest BCUT2D eigenvalue weighted by atomic mass is 15.2. The van der Waals surface area contributed by atoms with Crippen LogP contribution < -0.4 is 15.5 Å². The Labute approximate surface area is 190 Å². The molecule has 32 heavy (non-hydrogen) atoms. The van der Waals surface area contributed by atoms with E-state index in [2.05, 4.69) is 74.7 Å². The summed E-state index contributed by atoms with van der Waals surface area (Å²) in [4.78, 5) is 19.1. The summed E-state index contributed by atoms with van der Waals surface area (Å²) in [6.45, 7) is 8.76. The molecule has 7 nitrogen and oxygen atoms in total. The lowest BCUT2D eigenvalue weighted by atomic mass is 9.99. The maximum absolute atomic E-state index is 5.03. The molecular formula is C25H33N7. The number of nitrogens with one attached hydrogen (secondary N) is 2. The van der Waals surface area contributed by atoms with Gasteiger partial charge in [0.1, 0.15) is 5.52 Å². The fourth-order valence-electron chi connectivity index (χ4n) is 4.72. The van der Waals surface area contributed by atoms with Crippen LogP contribution in [0.3, 0.4) is 0 Å². The Morgan fingerprint density at radius 1 is 1.03 bits per heavy atom. The average Bonchev–Trinajstić information content (AvgIpc) is 3.03. The normalized spacial score (nSPS) is 22.6. The minimum absolute atomic E-state index is 0.373. The van der Waals surface area contributed by atoms with Crippen LogP contribution in [0.2, 0.25) is 0 Å². The van der Waals surface area contributed by atoms with E-state index in [4.69, 9.17) is 4.98 Å². The van der Waals surface area contributed by atoms with Crippen LogP contribution in [0.15, 0.2) is 42.7 Å². The summed E-state index contributed by atoms with van der Waals surface area (Å²) >= 11 is 0. The van der Waals surface area contributed by atoms with Gasteiger partial charge in [-0.1, -0.05) is 19.1 Å². The van der Waals surface area contributed by atoms with Gasteiger partial charge in [0, 0.05) is 55.9 Å². The third-order valence-corrected chi connectivity index (χ3v) is 6.83. The molecule has 2 aromatic heterocycles. The standard InChI is InChI=1S/C25H33N7/c1-18-17-26-9-3-4-21(18)29-25-24-23(27-10-11-28-24)16-22(30-25)19-5-7-20(8-6-19)32-14-12-31(2)13-15-32/h5-8,10-11,16,18,21,26H,3-4,9,12-15,17H2,1-2H3,(H,29,30)/t18?,21-/m0/s1. The fourth-order valence-corrected chi connectivity index (χ4v) is 4.72. The number of hydrogen-bond donors (Lipinski definition) is 2. The first-order chi connectivity index (χ1) is 15.7. The predicted octanol–water partition coefficient (Wildman–Crippen LogP) is 3.24. The lowest BCUT2D eigenvalue weighted by Crippen LogP contribution is -2.44. The Balaban J connectivity index is 1.44. The second-order valence-electron chi connectivity index (χ2n) is 9.19. The van der Waals surface area contributed by atoms with Gasteiger partial charge in [0.05, 0.1) is 11.2 Å². The number of benzene rings is 1. The van der Waals surface area contributed by atoms with Crippen molar-refractivity contribution in [3.05, 3.63) is 42.7 Å². The molecular weight excluding hydrogens is 398 g/mol. The molecule has 2 aliphatic rings. The minimum atomic E-state index is 0.373. The molecule has 2 fully saturated rings. The van der Waals surface area contributed by atoms with Gasteiger partial charge in [-0.3, -0.25) is 4.98 Å². The van der Waals surface area contributed by atoms with Crippen molar-refractivity contribution in [1.82, 2.24) is 25.2 Å². The van der Waals surface area contributed by atoms with E-state index in [1.807, 2.05) is 0 Å². The van der Waals surface area contributed by atoms with Crippen molar-refractivity contribution in [2.75, 3.05) is 56.5 Å². The highest BCUT2D eigenvalue weighted by Gasteiger charge is 2.22. The van der Waals surface area contributed by atoms with Gasteiger partial charge in [0.2, 0.25) is 0 Å². The maximum atomic E-state index is 5.03. The summed E-state index contributed by atoms with van der Waals surface area (Å²) in [6.07, 6.45) is 5.79. The Hall–Kier alpha value is -2.77. The Kier molecular flexibility index (Phi) is 6.19. The van der Waals surface area contributed by atoms with Crippen LogP contribution in [-0.2, 0) is 0 Å². The molecule has 2 N–H and O–H groups in total. The van der Waals surface area contributed by atoms with Crippen molar-refractivity contribution in [3.63, 3.8) is 0 Å². The number of likely N-dealkylation sites (N-methyl/N-ethyl adjacent to an activating group) is 1. The van der Waals surface area contributed by atoms with E-state index in [-0.39, 0.29) is 0 Å². The molecule has 3 aromatic rings. The number of hydrogen-bond acceptors (Lipinski definition) is 7. The largest absolute Gasteiger partial charge is 0.369 e. The smallest absolute Gasteiger partial charge is 0.155 e. The van der Waals surface area contributed by atoms with Crippen molar-refractivity contribution < 1.29 is 0 Å². The monoisotopic (exact) mass is 431 g/mol. The fraction of sp³-hybridized carbons (Fsp3) is 0.480. The molecule has 7 heteroatoms. The zero-order valence-electron chi connectivity index (χ0n) is 19.1. The third-order valence-electron chi connectivity index (χ3n) is 6.83. The molecule has 0 radical (unpaired) electrons. The van der Waals surface area contributed by atoms with E-state index >= 15 is 0 Å². The van der Waals surface area contributed by atoms with Crippen LogP contribution in [0.4, 0.5) is 11.5 Å².